The lowest BCUT2D eigenvalue weighted by molar-refractivity contribution is 0.470. The zero-order valence-electron chi connectivity index (χ0n) is 12.9. The van der Waals surface area contributed by atoms with Crippen LogP contribution in [0.25, 0.3) is 0 Å². The van der Waals surface area contributed by atoms with Gasteiger partial charge >= 0.3 is 0 Å². The van der Waals surface area contributed by atoms with E-state index in [1.54, 1.807) is 0 Å². The van der Waals surface area contributed by atoms with Crippen molar-refractivity contribution in [3.05, 3.63) is 70.3 Å². The summed E-state index contributed by atoms with van der Waals surface area (Å²) >= 11 is 0. The number of aryl methyl sites for hydroxylation is 2. The molecule has 2 rings (SSSR count). The average Bonchev–Trinajstić information content (AvgIpc) is 2.41. The van der Waals surface area contributed by atoms with E-state index in [1.165, 1.54) is 23.3 Å². The number of nitrogens with one attached hydrogen (secondary N) is 1. The first-order chi connectivity index (χ1) is 9.88. The topological polar surface area (TPSA) is 12.0 Å². The molecule has 0 bridgehead atoms. The third-order valence-corrected chi connectivity index (χ3v) is 3.96. The summed E-state index contributed by atoms with van der Waals surface area (Å²) in [5.41, 5.74) is 4.13. The summed E-state index contributed by atoms with van der Waals surface area (Å²) in [5.74, 6) is -1.06. The Bertz CT molecular complexity index is 637. The zero-order chi connectivity index (χ0) is 15.6. The van der Waals surface area contributed by atoms with E-state index in [9.17, 15) is 8.78 Å². The van der Waals surface area contributed by atoms with Gasteiger partial charge in [-0.05, 0) is 50.5 Å². The molecule has 0 aliphatic rings. The van der Waals surface area contributed by atoms with E-state index in [4.69, 9.17) is 0 Å². The van der Waals surface area contributed by atoms with Crippen LogP contribution in [-0.4, -0.2) is 0 Å². The second kappa shape index (κ2) is 6.35. The third-order valence-electron chi connectivity index (χ3n) is 3.96. The third kappa shape index (κ3) is 3.67. The summed E-state index contributed by atoms with van der Waals surface area (Å²) in [6, 6.07) is 9.91. The highest BCUT2D eigenvalue weighted by Gasteiger charge is 2.15. The molecule has 0 spiro atoms. The van der Waals surface area contributed by atoms with E-state index in [-0.39, 0.29) is 12.1 Å². The summed E-state index contributed by atoms with van der Waals surface area (Å²) in [4.78, 5) is 0. The minimum absolute atomic E-state index is 0.0868. The van der Waals surface area contributed by atoms with Crippen LogP contribution in [0.2, 0.25) is 0 Å². The SMILES string of the molecule is Cc1ccc(C(C)NC(C)c2ccc(F)cc2F)cc1C. The maximum absolute atomic E-state index is 13.8. The normalized spacial score (nSPS) is 14.0. The molecule has 2 unspecified atom stereocenters. The molecule has 3 heteroatoms. The van der Waals surface area contributed by atoms with Gasteiger partial charge in [0.1, 0.15) is 11.6 Å². The molecular formula is C18H21F2N. The Hall–Kier alpha value is -1.74. The molecule has 0 heterocycles. The van der Waals surface area contributed by atoms with E-state index in [1.807, 2.05) is 13.8 Å². The maximum atomic E-state index is 13.8. The van der Waals surface area contributed by atoms with E-state index >= 15 is 0 Å². The predicted octanol–water partition coefficient (Wildman–Crippen LogP) is 4.99. The summed E-state index contributed by atoms with van der Waals surface area (Å²) in [6.07, 6.45) is 0. The first-order valence-electron chi connectivity index (χ1n) is 7.16. The number of hydrogen-bond acceptors (Lipinski definition) is 1. The van der Waals surface area contributed by atoms with Crippen molar-refractivity contribution in [2.75, 3.05) is 0 Å². The fraction of sp³-hybridized carbons (Fsp3) is 0.333. The molecule has 1 N–H and O–H groups in total. The molecule has 0 saturated heterocycles. The van der Waals surface area contributed by atoms with E-state index in [2.05, 4.69) is 37.4 Å². The Morgan fingerprint density at radius 2 is 1.57 bits per heavy atom. The monoisotopic (exact) mass is 289 g/mol. The lowest BCUT2D eigenvalue weighted by Crippen LogP contribution is -2.23. The van der Waals surface area contributed by atoms with Crippen LogP contribution in [0.5, 0.6) is 0 Å². The first kappa shape index (κ1) is 15.6. The highest BCUT2D eigenvalue weighted by molar-refractivity contribution is 5.32. The molecule has 112 valence electrons. The maximum Gasteiger partial charge on any atom is 0.130 e. The van der Waals surface area contributed by atoms with Crippen molar-refractivity contribution < 1.29 is 8.78 Å². The van der Waals surface area contributed by atoms with Crippen LogP contribution < -0.4 is 5.32 Å². The molecule has 0 fully saturated rings. The molecule has 0 amide bonds. The first-order valence-corrected chi connectivity index (χ1v) is 7.16. The van der Waals surface area contributed by atoms with Gasteiger partial charge in [-0.1, -0.05) is 24.3 Å². The number of hydrogen-bond donors (Lipinski definition) is 1. The Balaban J connectivity index is 2.14. The highest BCUT2D eigenvalue weighted by atomic mass is 19.1. The van der Waals surface area contributed by atoms with E-state index < -0.39 is 11.6 Å². The van der Waals surface area contributed by atoms with Crippen molar-refractivity contribution >= 4 is 0 Å². The highest BCUT2D eigenvalue weighted by Crippen LogP contribution is 2.23. The molecule has 0 aromatic heterocycles. The van der Waals surface area contributed by atoms with Gasteiger partial charge in [0.05, 0.1) is 0 Å². The van der Waals surface area contributed by atoms with Crippen molar-refractivity contribution in [2.45, 2.75) is 39.8 Å². The lowest BCUT2D eigenvalue weighted by atomic mass is 10.00. The van der Waals surface area contributed by atoms with Gasteiger partial charge in [0.25, 0.3) is 0 Å². The molecule has 0 aliphatic heterocycles. The van der Waals surface area contributed by atoms with E-state index in [0.29, 0.717) is 5.56 Å². The Kier molecular flexibility index (Phi) is 4.73. The Morgan fingerprint density at radius 1 is 0.857 bits per heavy atom. The van der Waals surface area contributed by atoms with Gasteiger partial charge in [0, 0.05) is 23.7 Å². The fourth-order valence-corrected chi connectivity index (χ4v) is 2.45. The minimum Gasteiger partial charge on any atom is -0.304 e. The lowest BCUT2D eigenvalue weighted by Gasteiger charge is -2.22. The number of halogens is 2. The molecule has 2 aromatic carbocycles. The van der Waals surface area contributed by atoms with Crippen molar-refractivity contribution in [3.63, 3.8) is 0 Å². The molecule has 0 aliphatic carbocycles. The molecule has 1 nitrogen and oxygen atoms in total. The molecule has 2 atom stereocenters. The standard InChI is InChI=1S/C18H21F2N/c1-11-5-6-15(9-12(11)2)13(3)21-14(4)17-8-7-16(19)10-18(17)20/h5-10,13-14,21H,1-4H3. The van der Waals surface area contributed by atoms with Gasteiger partial charge in [-0.25, -0.2) is 8.78 Å². The molecule has 2 aromatic rings. The van der Waals surface area contributed by atoms with E-state index in [0.717, 1.165) is 11.6 Å². The number of benzene rings is 2. The van der Waals surface area contributed by atoms with Crippen LogP contribution in [0.1, 0.15) is 48.2 Å². The summed E-state index contributed by atoms with van der Waals surface area (Å²) in [5, 5.41) is 3.36. The summed E-state index contributed by atoms with van der Waals surface area (Å²) in [6.45, 7) is 8.08. The molecule has 0 saturated carbocycles. The van der Waals surface area contributed by atoms with Crippen LogP contribution in [0.4, 0.5) is 8.78 Å². The van der Waals surface area contributed by atoms with Crippen LogP contribution >= 0.6 is 0 Å². The van der Waals surface area contributed by atoms with Gasteiger partial charge in [0.15, 0.2) is 0 Å². The Morgan fingerprint density at radius 3 is 2.19 bits per heavy atom. The van der Waals surface area contributed by atoms with Crippen LogP contribution in [-0.2, 0) is 0 Å². The van der Waals surface area contributed by atoms with Crippen molar-refractivity contribution in [1.29, 1.82) is 0 Å². The molecule has 0 radical (unpaired) electrons. The van der Waals surface area contributed by atoms with Gasteiger partial charge < -0.3 is 5.32 Å². The smallest absolute Gasteiger partial charge is 0.130 e. The number of rotatable bonds is 4. The Labute approximate surface area is 125 Å². The van der Waals surface area contributed by atoms with Crippen molar-refractivity contribution in [2.24, 2.45) is 0 Å². The molecular weight excluding hydrogens is 268 g/mol. The van der Waals surface area contributed by atoms with Crippen LogP contribution in [0.3, 0.4) is 0 Å². The van der Waals surface area contributed by atoms with Gasteiger partial charge in [-0.2, -0.15) is 0 Å². The van der Waals surface area contributed by atoms with Crippen molar-refractivity contribution in [3.8, 4) is 0 Å². The zero-order valence-corrected chi connectivity index (χ0v) is 12.9. The fourth-order valence-electron chi connectivity index (χ4n) is 2.45. The van der Waals surface area contributed by atoms with Crippen LogP contribution in [0, 0.1) is 25.5 Å². The van der Waals surface area contributed by atoms with Crippen molar-refractivity contribution in [1.82, 2.24) is 5.32 Å². The predicted molar refractivity (Wildman–Crippen MR) is 82.2 cm³/mol. The summed E-state index contributed by atoms with van der Waals surface area (Å²) < 4.78 is 26.8. The van der Waals surface area contributed by atoms with Gasteiger partial charge in [-0.15, -0.1) is 0 Å². The summed E-state index contributed by atoms with van der Waals surface area (Å²) in [7, 11) is 0. The minimum atomic E-state index is -0.550. The largest absolute Gasteiger partial charge is 0.304 e. The second-order valence-electron chi connectivity index (χ2n) is 5.62. The van der Waals surface area contributed by atoms with Crippen LogP contribution in [0.15, 0.2) is 36.4 Å². The second-order valence-corrected chi connectivity index (χ2v) is 5.62. The average molecular weight is 289 g/mol. The van der Waals surface area contributed by atoms with Gasteiger partial charge in [0.2, 0.25) is 0 Å². The molecule has 21 heavy (non-hydrogen) atoms. The quantitative estimate of drug-likeness (QED) is 0.835. The van der Waals surface area contributed by atoms with Gasteiger partial charge in [-0.3, -0.25) is 0 Å².